The molecule has 25 heavy (non-hydrogen) atoms. The molecule has 0 aliphatic heterocycles. The lowest BCUT2D eigenvalue weighted by Gasteiger charge is -2.25. The van der Waals surface area contributed by atoms with E-state index in [0.29, 0.717) is 11.6 Å². The first-order chi connectivity index (χ1) is 12.0. The maximum atomic E-state index is 10.4. The minimum absolute atomic E-state index is 0.273. The van der Waals surface area contributed by atoms with Crippen molar-refractivity contribution in [3.8, 4) is 5.75 Å². The third kappa shape index (κ3) is 6.69. The van der Waals surface area contributed by atoms with Gasteiger partial charge in [-0.1, -0.05) is 42.3 Å². The number of aryl methyl sites for hydroxylation is 2. The Labute approximate surface area is 156 Å². The van der Waals surface area contributed by atoms with Gasteiger partial charge in [-0.3, -0.25) is 4.90 Å². The average molecular weight is 362 g/mol. The van der Waals surface area contributed by atoms with Gasteiger partial charge < -0.3 is 9.84 Å². The molecule has 0 bridgehead atoms. The van der Waals surface area contributed by atoms with Gasteiger partial charge in [-0.2, -0.15) is 0 Å². The van der Waals surface area contributed by atoms with E-state index in [9.17, 15) is 5.11 Å². The fourth-order valence-electron chi connectivity index (χ4n) is 2.89. The monoisotopic (exact) mass is 361 g/mol. The van der Waals surface area contributed by atoms with E-state index in [0.717, 1.165) is 25.3 Å². The number of rotatable bonds is 9. The number of hydrogen-bond acceptors (Lipinski definition) is 3. The number of hydrogen-bond donors (Lipinski definition) is 1. The van der Waals surface area contributed by atoms with Crippen LogP contribution in [-0.4, -0.2) is 35.8 Å². The van der Waals surface area contributed by atoms with E-state index >= 15 is 0 Å². The van der Waals surface area contributed by atoms with Crippen LogP contribution in [-0.2, 0) is 6.54 Å². The first kappa shape index (κ1) is 19.8. The molecule has 0 saturated heterocycles. The Kier molecular flexibility index (Phi) is 7.76. The molecule has 0 heterocycles. The van der Waals surface area contributed by atoms with Crippen LogP contribution in [0.15, 0.2) is 42.5 Å². The fourth-order valence-corrected chi connectivity index (χ4v) is 3.02. The summed E-state index contributed by atoms with van der Waals surface area (Å²) in [5.41, 5.74) is 3.89. The summed E-state index contributed by atoms with van der Waals surface area (Å²) in [5.74, 6) is 0.722. The van der Waals surface area contributed by atoms with E-state index < -0.39 is 6.10 Å². The first-order valence-corrected chi connectivity index (χ1v) is 9.20. The van der Waals surface area contributed by atoms with Gasteiger partial charge in [0.25, 0.3) is 0 Å². The Morgan fingerprint density at radius 1 is 1.12 bits per heavy atom. The predicted molar refractivity (Wildman–Crippen MR) is 104 cm³/mol. The average Bonchev–Trinajstić information content (AvgIpc) is 2.57. The van der Waals surface area contributed by atoms with E-state index in [2.05, 4.69) is 43.9 Å². The predicted octanol–water partition coefficient (Wildman–Crippen LogP) is 4.61. The van der Waals surface area contributed by atoms with Crippen molar-refractivity contribution in [2.24, 2.45) is 0 Å². The van der Waals surface area contributed by atoms with E-state index in [1.807, 2.05) is 12.1 Å². The van der Waals surface area contributed by atoms with Gasteiger partial charge in [0.15, 0.2) is 0 Å². The molecule has 2 aromatic rings. The van der Waals surface area contributed by atoms with E-state index in [4.69, 9.17) is 16.3 Å². The van der Waals surface area contributed by atoms with Crippen LogP contribution in [0.25, 0.3) is 0 Å². The Morgan fingerprint density at radius 2 is 1.84 bits per heavy atom. The smallest absolute Gasteiger partial charge is 0.119 e. The SMILES string of the molecule is CCCN(Cc1ccc(C)cc1C)C[C@@H](O)COc1ccc(Cl)cc1. The molecule has 3 nitrogen and oxygen atoms in total. The largest absolute Gasteiger partial charge is 0.491 e. The zero-order chi connectivity index (χ0) is 18.2. The molecule has 0 unspecified atom stereocenters. The molecule has 0 aliphatic rings. The van der Waals surface area contributed by atoms with Crippen molar-refractivity contribution in [3.63, 3.8) is 0 Å². The van der Waals surface area contributed by atoms with Crippen molar-refractivity contribution < 1.29 is 9.84 Å². The number of benzene rings is 2. The summed E-state index contributed by atoms with van der Waals surface area (Å²) in [6, 6.07) is 13.7. The van der Waals surface area contributed by atoms with Crippen molar-refractivity contribution in [1.82, 2.24) is 4.90 Å². The summed E-state index contributed by atoms with van der Waals surface area (Å²) in [4.78, 5) is 2.29. The summed E-state index contributed by atoms with van der Waals surface area (Å²) in [5, 5.41) is 11.0. The Morgan fingerprint density at radius 3 is 2.48 bits per heavy atom. The number of nitrogens with zero attached hydrogens (tertiary/aromatic N) is 1. The minimum Gasteiger partial charge on any atom is -0.491 e. The lowest BCUT2D eigenvalue weighted by atomic mass is 10.1. The van der Waals surface area contributed by atoms with Gasteiger partial charge in [0, 0.05) is 18.1 Å². The highest BCUT2D eigenvalue weighted by Gasteiger charge is 2.13. The van der Waals surface area contributed by atoms with Crippen molar-refractivity contribution in [1.29, 1.82) is 0 Å². The molecule has 2 aromatic carbocycles. The summed E-state index contributed by atoms with van der Waals surface area (Å²) in [7, 11) is 0. The molecule has 0 aliphatic carbocycles. The first-order valence-electron chi connectivity index (χ1n) is 8.83. The van der Waals surface area contributed by atoms with Crippen LogP contribution in [0.5, 0.6) is 5.75 Å². The van der Waals surface area contributed by atoms with Gasteiger partial charge in [-0.25, -0.2) is 0 Å². The highest BCUT2D eigenvalue weighted by atomic mass is 35.5. The second-order valence-corrected chi connectivity index (χ2v) is 7.02. The summed E-state index contributed by atoms with van der Waals surface area (Å²) >= 11 is 5.87. The summed E-state index contributed by atoms with van der Waals surface area (Å²) in [6.45, 7) is 9.07. The van der Waals surface area contributed by atoms with Crippen molar-refractivity contribution in [2.45, 2.75) is 39.8 Å². The van der Waals surface area contributed by atoms with Crippen LogP contribution >= 0.6 is 11.6 Å². The van der Waals surface area contributed by atoms with Gasteiger partial charge in [-0.15, -0.1) is 0 Å². The molecule has 0 aromatic heterocycles. The third-order valence-electron chi connectivity index (χ3n) is 4.16. The van der Waals surface area contributed by atoms with Gasteiger partial charge in [0.2, 0.25) is 0 Å². The topological polar surface area (TPSA) is 32.7 Å². The lowest BCUT2D eigenvalue weighted by molar-refractivity contribution is 0.0655. The Bertz CT molecular complexity index is 657. The number of aliphatic hydroxyl groups excluding tert-OH is 1. The second-order valence-electron chi connectivity index (χ2n) is 6.58. The molecule has 2 rings (SSSR count). The molecular formula is C21H28ClNO2. The van der Waals surface area contributed by atoms with Gasteiger partial charge in [0.1, 0.15) is 18.5 Å². The van der Waals surface area contributed by atoms with Crippen molar-refractivity contribution in [2.75, 3.05) is 19.7 Å². The van der Waals surface area contributed by atoms with E-state index in [1.165, 1.54) is 16.7 Å². The molecule has 136 valence electrons. The maximum absolute atomic E-state index is 10.4. The zero-order valence-corrected chi connectivity index (χ0v) is 16.1. The number of halogens is 1. The van der Waals surface area contributed by atoms with Crippen molar-refractivity contribution >= 4 is 11.6 Å². The lowest BCUT2D eigenvalue weighted by Crippen LogP contribution is -2.36. The minimum atomic E-state index is -0.534. The summed E-state index contributed by atoms with van der Waals surface area (Å²) in [6.07, 6.45) is 0.517. The van der Waals surface area contributed by atoms with Crippen LogP contribution in [0.2, 0.25) is 5.02 Å². The molecule has 0 amide bonds. The third-order valence-corrected chi connectivity index (χ3v) is 4.41. The molecule has 1 N–H and O–H groups in total. The van der Waals surface area contributed by atoms with Gasteiger partial charge in [-0.05, 0) is 62.2 Å². The van der Waals surface area contributed by atoms with Gasteiger partial charge in [0.05, 0.1) is 0 Å². The molecule has 0 saturated carbocycles. The van der Waals surface area contributed by atoms with Crippen LogP contribution in [0, 0.1) is 13.8 Å². The van der Waals surface area contributed by atoms with Crippen LogP contribution in [0.1, 0.15) is 30.0 Å². The quantitative estimate of drug-likeness (QED) is 0.708. The number of aliphatic hydroxyl groups is 1. The molecule has 4 heteroatoms. The normalized spacial score (nSPS) is 12.4. The second kappa shape index (κ2) is 9.81. The van der Waals surface area contributed by atoms with Crippen molar-refractivity contribution in [3.05, 3.63) is 64.2 Å². The highest BCUT2D eigenvalue weighted by molar-refractivity contribution is 6.30. The molecule has 0 radical (unpaired) electrons. The molecule has 0 spiro atoms. The Hall–Kier alpha value is -1.55. The molecule has 0 fully saturated rings. The Balaban J connectivity index is 1.89. The van der Waals surface area contributed by atoms with Crippen LogP contribution < -0.4 is 4.74 Å². The standard InChI is InChI=1S/C21H28ClNO2/c1-4-11-23(13-18-6-5-16(2)12-17(18)3)14-20(24)15-25-21-9-7-19(22)8-10-21/h5-10,12,20,24H,4,11,13-15H2,1-3H3/t20-/m1/s1. The summed E-state index contributed by atoms with van der Waals surface area (Å²) < 4.78 is 5.66. The molecular weight excluding hydrogens is 334 g/mol. The fraction of sp³-hybridized carbons (Fsp3) is 0.429. The highest BCUT2D eigenvalue weighted by Crippen LogP contribution is 2.16. The molecule has 1 atom stereocenters. The van der Waals surface area contributed by atoms with Crippen LogP contribution in [0.3, 0.4) is 0 Å². The zero-order valence-electron chi connectivity index (χ0n) is 15.3. The van der Waals surface area contributed by atoms with E-state index in [-0.39, 0.29) is 6.61 Å². The van der Waals surface area contributed by atoms with E-state index in [1.54, 1.807) is 12.1 Å². The van der Waals surface area contributed by atoms with Crippen LogP contribution in [0.4, 0.5) is 0 Å². The maximum Gasteiger partial charge on any atom is 0.119 e. The van der Waals surface area contributed by atoms with Gasteiger partial charge >= 0.3 is 0 Å². The number of ether oxygens (including phenoxy) is 1.